The number of nitrogens with zero attached hydrogens (tertiary/aromatic N) is 2. The fraction of sp³-hybridized carbons (Fsp3) is 0.0714. The second-order valence-corrected chi connectivity index (χ2v) is 6.31. The van der Waals surface area contributed by atoms with Gasteiger partial charge in [-0.15, -0.1) is 0 Å². The van der Waals surface area contributed by atoms with Gasteiger partial charge in [0, 0.05) is 16.7 Å². The molecule has 0 aliphatic heterocycles. The van der Waals surface area contributed by atoms with E-state index in [1.165, 1.54) is 12.1 Å². The zero-order valence-corrected chi connectivity index (χ0v) is 11.7. The standard InChI is InChI=1S/C14H8N2O5S/c15-16-12-10(22(19,20)21)6-5-9-11(12)14(18)8-4-2-1-3-7(8)13(9)17/h1-6,10H,(H,19,20,21). The van der Waals surface area contributed by atoms with E-state index in [2.05, 4.69) is 4.79 Å². The molecule has 1 aromatic rings. The summed E-state index contributed by atoms with van der Waals surface area (Å²) in [5.41, 5.74) is 8.45. The Morgan fingerprint density at radius 1 is 1.09 bits per heavy atom. The van der Waals surface area contributed by atoms with E-state index < -0.39 is 32.6 Å². The molecule has 7 nitrogen and oxygen atoms in total. The van der Waals surface area contributed by atoms with E-state index >= 15 is 0 Å². The number of ketones is 2. The molecule has 1 N–H and O–H groups in total. The molecule has 1 atom stereocenters. The average molecular weight is 316 g/mol. The van der Waals surface area contributed by atoms with Gasteiger partial charge >= 0.3 is 5.71 Å². The van der Waals surface area contributed by atoms with E-state index in [1.54, 1.807) is 12.1 Å². The summed E-state index contributed by atoms with van der Waals surface area (Å²) in [7, 11) is -4.63. The van der Waals surface area contributed by atoms with Crippen molar-refractivity contribution in [2.75, 3.05) is 0 Å². The number of fused-ring (bicyclic) bond motifs is 1. The van der Waals surface area contributed by atoms with E-state index in [4.69, 9.17) is 5.53 Å². The maximum Gasteiger partial charge on any atom is 0.328 e. The molecular formula is C14H8N2O5S. The summed E-state index contributed by atoms with van der Waals surface area (Å²) in [5.74, 6) is -1.10. The number of hydrogen-bond acceptors (Lipinski definition) is 4. The topological polar surface area (TPSA) is 125 Å². The second kappa shape index (κ2) is 4.67. The highest BCUT2D eigenvalue weighted by molar-refractivity contribution is 7.87. The molecule has 8 heteroatoms. The van der Waals surface area contributed by atoms with Crippen LogP contribution in [0.3, 0.4) is 0 Å². The highest BCUT2D eigenvalue weighted by Crippen LogP contribution is 2.31. The van der Waals surface area contributed by atoms with Crippen molar-refractivity contribution in [3.63, 3.8) is 0 Å². The first-order valence-corrected chi connectivity index (χ1v) is 7.66. The second-order valence-electron chi connectivity index (χ2n) is 4.77. The Kier molecular flexibility index (Phi) is 3.03. The maximum atomic E-state index is 12.5. The van der Waals surface area contributed by atoms with Crippen LogP contribution in [0.5, 0.6) is 0 Å². The number of benzene rings is 1. The monoisotopic (exact) mass is 316 g/mol. The van der Waals surface area contributed by atoms with Crippen LogP contribution in [-0.4, -0.2) is 40.3 Å². The number of carbonyl (C=O) groups is 2. The Morgan fingerprint density at radius 2 is 1.68 bits per heavy atom. The zero-order chi connectivity index (χ0) is 16.1. The smallest absolute Gasteiger partial charge is 0.328 e. The number of allylic oxidation sites excluding steroid dienone is 3. The summed E-state index contributed by atoms with van der Waals surface area (Å²) in [4.78, 5) is 27.8. The number of rotatable bonds is 1. The highest BCUT2D eigenvalue weighted by Gasteiger charge is 2.46. The van der Waals surface area contributed by atoms with Crippen molar-refractivity contribution in [2.24, 2.45) is 0 Å². The first kappa shape index (κ1) is 14.3. The van der Waals surface area contributed by atoms with Gasteiger partial charge in [-0.25, -0.2) is 0 Å². The SMILES string of the molecule is [N-]=[N+]=C1C2=C(C=CC1S(=O)(=O)O)C(=O)c1ccccc1C2=O. The fourth-order valence-electron chi connectivity index (χ4n) is 2.57. The molecule has 22 heavy (non-hydrogen) atoms. The molecular weight excluding hydrogens is 308 g/mol. The summed E-state index contributed by atoms with van der Waals surface area (Å²) < 4.78 is 31.9. The predicted molar refractivity (Wildman–Crippen MR) is 75.2 cm³/mol. The maximum absolute atomic E-state index is 12.5. The Morgan fingerprint density at radius 3 is 2.23 bits per heavy atom. The summed E-state index contributed by atoms with van der Waals surface area (Å²) >= 11 is 0. The fourth-order valence-corrected chi connectivity index (χ4v) is 3.30. The summed E-state index contributed by atoms with van der Waals surface area (Å²) in [5, 5.41) is -1.70. The van der Waals surface area contributed by atoms with E-state index in [-0.39, 0.29) is 22.3 Å². The van der Waals surface area contributed by atoms with Crippen LogP contribution in [0.15, 0.2) is 47.6 Å². The third-order valence-corrected chi connectivity index (χ3v) is 4.57. The van der Waals surface area contributed by atoms with Gasteiger partial charge in [0.25, 0.3) is 10.1 Å². The molecule has 0 bridgehead atoms. The van der Waals surface area contributed by atoms with Gasteiger partial charge in [-0.1, -0.05) is 36.4 Å². The van der Waals surface area contributed by atoms with E-state index in [0.29, 0.717) is 0 Å². The molecule has 2 aliphatic rings. The largest absolute Gasteiger partial charge is 0.361 e. The molecule has 3 rings (SSSR count). The van der Waals surface area contributed by atoms with Crippen molar-refractivity contribution in [1.29, 1.82) is 0 Å². The lowest BCUT2D eigenvalue weighted by Gasteiger charge is -2.21. The van der Waals surface area contributed by atoms with Crippen LogP contribution in [0.4, 0.5) is 0 Å². The number of hydrogen-bond donors (Lipinski definition) is 1. The normalized spacial score (nSPS) is 20.6. The van der Waals surface area contributed by atoms with Gasteiger partial charge < -0.3 is 5.53 Å². The van der Waals surface area contributed by atoms with Crippen molar-refractivity contribution >= 4 is 27.4 Å². The van der Waals surface area contributed by atoms with Crippen LogP contribution in [0.25, 0.3) is 5.53 Å². The van der Waals surface area contributed by atoms with Crippen LogP contribution in [0, 0.1) is 0 Å². The van der Waals surface area contributed by atoms with Crippen LogP contribution >= 0.6 is 0 Å². The van der Waals surface area contributed by atoms with Crippen LogP contribution in [0.1, 0.15) is 20.7 Å². The zero-order valence-electron chi connectivity index (χ0n) is 10.9. The molecule has 0 saturated heterocycles. The molecule has 110 valence electrons. The average Bonchev–Trinajstić information content (AvgIpc) is 2.50. The first-order valence-electron chi connectivity index (χ1n) is 6.15. The lowest BCUT2D eigenvalue weighted by atomic mass is 9.79. The van der Waals surface area contributed by atoms with Crippen LogP contribution in [0.2, 0.25) is 0 Å². The van der Waals surface area contributed by atoms with Crippen molar-refractivity contribution in [2.45, 2.75) is 5.25 Å². The molecule has 0 heterocycles. The van der Waals surface area contributed by atoms with Gasteiger partial charge in [0.2, 0.25) is 11.0 Å². The minimum atomic E-state index is -4.63. The van der Waals surface area contributed by atoms with Gasteiger partial charge in [-0.2, -0.15) is 13.2 Å². The quantitative estimate of drug-likeness (QED) is 0.467. The van der Waals surface area contributed by atoms with Crippen LogP contribution in [-0.2, 0) is 10.1 Å². The molecule has 0 fully saturated rings. The molecule has 1 unspecified atom stereocenters. The Balaban J connectivity index is 2.29. The Labute approximate surface area is 124 Å². The lowest BCUT2D eigenvalue weighted by molar-refractivity contribution is -0.00630. The molecule has 0 aromatic heterocycles. The van der Waals surface area contributed by atoms with Crippen molar-refractivity contribution in [3.05, 3.63) is 64.2 Å². The third kappa shape index (κ3) is 1.90. The van der Waals surface area contributed by atoms with Crippen molar-refractivity contribution < 1.29 is 27.3 Å². The van der Waals surface area contributed by atoms with Gasteiger partial charge in [0.05, 0.1) is 0 Å². The minimum absolute atomic E-state index is 0.0589. The molecule has 0 spiro atoms. The van der Waals surface area contributed by atoms with Gasteiger partial charge in [-0.3, -0.25) is 14.1 Å². The lowest BCUT2D eigenvalue weighted by Crippen LogP contribution is -2.38. The van der Waals surface area contributed by atoms with Gasteiger partial charge in [-0.05, 0) is 0 Å². The summed E-state index contributed by atoms with van der Waals surface area (Å²) in [6.07, 6.45) is 2.15. The molecule has 0 saturated carbocycles. The van der Waals surface area contributed by atoms with Gasteiger partial charge in [0.15, 0.2) is 5.78 Å². The van der Waals surface area contributed by atoms with Crippen LogP contribution < -0.4 is 0 Å². The van der Waals surface area contributed by atoms with Crippen molar-refractivity contribution in [1.82, 2.24) is 0 Å². The van der Waals surface area contributed by atoms with E-state index in [1.807, 2.05) is 0 Å². The summed E-state index contributed by atoms with van der Waals surface area (Å²) in [6, 6.07) is 6.07. The minimum Gasteiger partial charge on any atom is -0.361 e. The molecule has 1 aromatic carbocycles. The van der Waals surface area contributed by atoms with E-state index in [0.717, 1.165) is 12.2 Å². The Bertz CT molecular complexity index is 949. The Hall–Kier alpha value is -2.67. The highest BCUT2D eigenvalue weighted by atomic mass is 32.2. The number of Topliss-reactive ketones (excluding diaryl/α,β-unsaturated/α-hetero) is 2. The number of carbonyl (C=O) groups excluding carboxylic acids is 2. The summed E-state index contributed by atoms with van der Waals surface area (Å²) in [6.45, 7) is 0. The van der Waals surface area contributed by atoms with E-state index in [9.17, 15) is 22.6 Å². The molecule has 0 amide bonds. The molecule has 0 radical (unpaired) electrons. The predicted octanol–water partition coefficient (Wildman–Crippen LogP) is 0.859. The molecule has 2 aliphatic carbocycles. The van der Waals surface area contributed by atoms with Crippen molar-refractivity contribution in [3.8, 4) is 0 Å². The third-order valence-electron chi connectivity index (χ3n) is 3.55. The first-order chi connectivity index (χ1) is 10.4. The van der Waals surface area contributed by atoms with Gasteiger partial charge in [0.1, 0.15) is 5.57 Å².